The minimum Gasteiger partial charge on any atom is -0.338 e. The van der Waals surface area contributed by atoms with E-state index in [0.717, 1.165) is 13.0 Å². The Balaban J connectivity index is 1.95. The number of carbonyl (C=O) groups excluding carboxylic acids is 1. The highest BCUT2D eigenvalue weighted by atomic mass is 16.2. The lowest BCUT2D eigenvalue weighted by Gasteiger charge is -2.36. The number of likely N-dealkylation sites (tertiary alicyclic amines) is 1. The summed E-state index contributed by atoms with van der Waals surface area (Å²) in [5.74, 6) is 0.173. The van der Waals surface area contributed by atoms with Crippen LogP contribution in [-0.4, -0.2) is 48.4 Å². The Hall–Kier alpha value is -1.39. The van der Waals surface area contributed by atoms with Crippen molar-refractivity contribution in [3.8, 4) is 0 Å². The van der Waals surface area contributed by atoms with Gasteiger partial charge in [0.2, 0.25) is 5.91 Å². The number of benzene rings is 1. The highest BCUT2D eigenvalue weighted by molar-refractivity contribution is 5.78. The summed E-state index contributed by atoms with van der Waals surface area (Å²) in [6.07, 6.45) is 3.51. The second kappa shape index (κ2) is 7.57. The van der Waals surface area contributed by atoms with Gasteiger partial charge in [-0.3, -0.25) is 9.69 Å². The average Bonchev–Trinajstić information content (AvgIpc) is 2.54. The molecule has 116 valence electrons. The van der Waals surface area contributed by atoms with Crippen molar-refractivity contribution in [2.75, 3.05) is 26.7 Å². The molecular formula is C17H27N3O. The summed E-state index contributed by atoms with van der Waals surface area (Å²) in [5.41, 5.74) is 7.00. The highest BCUT2D eigenvalue weighted by Crippen LogP contribution is 2.20. The summed E-state index contributed by atoms with van der Waals surface area (Å²) >= 11 is 0. The van der Waals surface area contributed by atoms with Gasteiger partial charge >= 0.3 is 0 Å². The van der Waals surface area contributed by atoms with Crippen LogP contribution in [0.3, 0.4) is 0 Å². The zero-order valence-electron chi connectivity index (χ0n) is 13.2. The lowest BCUT2D eigenvalue weighted by Crippen LogP contribution is -2.49. The lowest BCUT2D eigenvalue weighted by molar-refractivity contribution is -0.133. The quantitative estimate of drug-likeness (QED) is 0.902. The molecule has 2 N–H and O–H groups in total. The number of rotatable bonds is 5. The first-order valence-corrected chi connectivity index (χ1v) is 7.88. The van der Waals surface area contributed by atoms with E-state index in [1.54, 1.807) is 0 Å². The van der Waals surface area contributed by atoms with Gasteiger partial charge in [-0.05, 0) is 31.9 Å². The highest BCUT2D eigenvalue weighted by Gasteiger charge is 2.25. The number of amides is 1. The van der Waals surface area contributed by atoms with Crippen LogP contribution in [0.4, 0.5) is 0 Å². The fraction of sp³-hybridized carbons (Fsp3) is 0.588. The molecule has 1 fully saturated rings. The second-order valence-electron chi connectivity index (χ2n) is 5.95. The van der Waals surface area contributed by atoms with Gasteiger partial charge in [-0.2, -0.15) is 0 Å². The summed E-state index contributed by atoms with van der Waals surface area (Å²) in [5, 5.41) is 0. The second-order valence-corrected chi connectivity index (χ2v) is 5.95. The summed E-state index contributed by atoms with van der Waals surface area (Å²) in [7, 11) is 1.89. The maximum atomic E-state index is 12.5. The molecule has 1 aliphatic heterocycles. The Kier molecular flexibility index (Phi) is 5.76. The molecule has 1 aromatic carbocycles. The Morgan fingerprint density at radius 3 is 2.76 bits per heavy atom. The van der Waals surface area contributed by atoms with Crippen molar-refractivity contribution < 1.29 is 4.79 Å². The van der Waals surface area contributed by atoms with Gasteiger partial charge in [-0.1, -0.05) is 36.8 Å². The molecule has 1 heterocycles. The molecule has 0 radical (unpaired) electrons. The standard InChI is InChI=1S/C17H27N3O/c1-14(15-8-4-3-5-9-15)19(2)17(21)13-20-11-7-6-10-16(20)12-18/h3-5,8-9,14,16H,6-7,10-13,18H2,1-2H3. The number of hydrogen-bond acceptors (Lipinski definition) is 3. The molecule has 4 nitrogen and oxygen atoms in total. The van der Waals surface area contributed by atoms with Crippen LogP contribution in [0.15, 0.2) is 30.3 Å². The van der Waals surface area contributed by atoms with Crippen molar-refractivity contribution in [1.29, 1.82) is 0 Å². The number of nitrogens with zero attached hydrogens (tertiary/aromatic N) is 2. The minimum absolute atomic E-state index is 0.0971. The first-order chi connectivity index (χ1) is 10.1. The topological polar surface area (TPSA) is 49.6 Å². The van der Waals surface area contributed by atoms with Crippen LogP contribution < -0.4 is 5.73 Å². The molecular weight excluding hydrogens is 262 g/mol. The maximum Gasteiger partial charge on any atom is 0.237 e. The molecule has 2 rings (SSSR count). The number of carbonyl (C=O) groups is 1. The molecule has 1 saturated heterocycles. The van der Waals surface area contributed by atoms with E-state index < -0.39 is 0 Å². The van der Waals surface area contributed by atoms with E-state index in [2.05, 4.69) is 24.0 Å². The van der Waals surface area contributed by atoms with Crippen LogP contribution in [0.5, 0.6) is 0 Å². The maximum absolute atomic E-state index is 12.5. The third-order valence-corrected chi connectivity index (χ3v) is 4.62. The van der Waals surface area contributed by atoms with Crippen LogP contribution in [-0.2, 0) is 4.79 Å². The summed E-state index contributed by atoms with van der Waals surface area (Å²) in [6, 6.07) is 10.6. The van der Waals surface area contributed by atoms with Crippen LogP contribution in [0.2, 0.25) is 0 Å². The molecule has 2 unspecified atom stereocenters. The average molecular weight is 289 g/mol. The predicted octanol–water partition coefficient (Wildman–Crippen LogP) is 2.02. The van der Waals surface area contributed by atoms with Crippen LogP contribution in [0.1, 0.15) is 37.8 Å². The smallest absolute Gasteiger partial charge is 0.237 e. The molecule has 0 aromatic heterocycles. The summed E-state index contributed by atoms with van der Waals surface area (Å²) in [6.45, 7) is 4.19. The predicted molar refractivity (Wildman–Crippen MR) is 85.9 cm³/mol. The van der Waals surface area contributed by atoms with Gasteiger partial charge in [0.05, 0.1) is 12.6 Å². The normalized spacial score (nSPS) is 21.0. The molecule has 0 bridgehead atoms. The number of piperidine rings is 1. The van der Waals surface area contributed by atoms with E-state index in [9.17, 15) is 4.79 Å². The SMILES string of the molecule is CC(c1ccccc1)N(C)C(=O)CN1CCCCC1CN. The zero-order valence-corrected chi connectivity index (χ0v) is 13.2. The molecule has 21 heavy (non-hydrogen) atoms. The lowest BCUT2D eigenvalue weighted by atomic mass is 10.0. The van der Waals surface area contributed by atoms with Gasteiger partial charge in [0.15, 0.2) is 0 Å². The Morgan fingerprint density at radius 1 is 1.38 bits per heavy atom. The van der Waals surface area contributed by atoms with E-state index >= 15 is 0 Å². The molecule has 0 spiro atoms. The van der Waals surface area contributed by atoms with Gasteiger partial charge in [0, 0.05) is 19.6 Å². The van der Waals surface area contributed by atoms with E-state index in [1.807, 2.05) is 30.1 Å². The first kappa shape index (κ1) is 16.0. The van der Waals surface area contributed by atoms with Crippen LogP contribution in [0.25, 0.3) is 0 Å². The number of hydrogen-bond donors (Lipinski definition) is 1. The fourth-order valence-electron chi connectivity index (χ4n) is 2.99. The fourth-order valence-corrected chi connectivity index (χ4v) is 2.99. The third kappa shape index (κ3) is 4.05. The van der Waals surface area contributed by atoms with E-state index in [0.29, 0.717) is 19.1 Å². The van der Waals surface area contributed by atoms with Crippen molar-refractivity contribution >= 4 is 5.91 Å². The van der Waals surface area contributed by atoms with E-state index in [-0.39, 0.29) is 11.9 Å². The van der Waals surface area contributed by atoms with Crippen LogP contribution >= 0.6 is 0 Å². The third-order valence-electron chi connectivity index (χ3n) is 4.62. The van der Waals surface area contributed by atoms with Gasteiger partial charge in [0.25, 0.3) is 0 Å². The van der Waals surface area contributed by atoms with Crippen molar-refractivity contribution in [1.82, 2.24) is 9.80 Å². The van der Waals surface area contributed by atoms with Crippen molar-refractivity contribution in [2.24, 2.45) is 5.73 Å². The number of nitrogens with two attached hydrogens (primary N) is 1. The Bertz CT molecular complexity index is 449. The molecule has 2 atom stereocenters. The van der Waals surface area contributed by atoms with Gasteiger partial charge in [0.1, 0.15) is 0 Å². The monoisotopic (exact) mass is 289 g/mol. The van der Waals surface area contributed by atoms with Crippen molar-refractivity contribution in [3.05, 3.63) is 35.9 Å². The molecule has 0 saturated carbocycles. The largest absolute Gasteiger partial charge is 0.338 e. The number of likely N-dealkylation sites (N-methyl/N-ethyl adjacent to an activating group) is 1. The summed E-state index contributed by atoms with van der Waals surface area (Å²) in [4.78, 5) is 16.6. The van der Waals surface area contributed by atoms with Crippen LogP contribution in [0, 0.1) is 0 Å². The van der Waals surface area contributed by atoms with E-state index in [1.165, 1.54) is 18.4 Å². The molecule has 0 aliphatic carbocycles. The molecule has 1 amide bonds. The van der Waals surface area contributed by atoms with Crippen molar-refractivity contribution in [2.45, 2.75) is 38.3 Å². The van der Waals surface area contributed by atoms with E-state index in [4.69, 9.17) is 5.73 Å². The molecule has 1 aromatic rings. The van der Waals surface area contributed by atoms with Gasteiger partial charge in [-0.25, -0.2) is 0 Å². The summed E-state index contributed by atoms with van der Waals surface area (Å²) < 4.78 is 0. The zero-order chi connectivity index (χ0) is 15.2. The van der Waals surface area contributed by atoms with Gasteiger partial charge in [-0.15, -0.1) is 0 Å². The molecule has 4 heteroatoms. The Morgan fingerprint density at radius 2 is 2.10 bits per heavy atom. The van der Waals surface area contributed by atoms with Gasteiger partial charge < -0.3 is 10.6 Å². The molecule has 1 aliphatic rings. The Labute approximate surface area is 127 Å². The minimum atomic E-state index is 0.0971. The van der Waals surface area contributed by atoms with Crippen molar-refractivity contribution in [3.63, 3.8) is 0 Å². The first-order valence-electron chi connectivity index (χ1n) is 7.88.